The third-order valence-corrected chi connectivity index (χ3v) is 4.92. The number of hydrogen-bond donors (Lipinski definition) is 1. The fourth-order valence-electron chi connectivity index (χ4n) is 3.32. The zero-order valence-electron chi connectivity index (χ0n) is 12.6. The average Bonchev–Trinajstić information content (AvgIpc) is 2.99. The molecule has 3 nitrogen and oxygen atoms in total. The van der Waals surface area contributed by atoms with E-state index in [1.807, 2.05) is 22.9 Å². The largest absolute Gasteiger partial charge is 0.385 e. The van der Waals surface area contributed by atoms with Crippen molar-refractivity contribution in [2.75, 3.05) is 0 Å². The van der Waals surface area contributed by atoms with E-state index in [9.17, 15) is 5.11 Å². The van der Waals surface area contributed by atoms with Crippen LogP contribution in [-0.4, -0.2) is 14.9 Å². The van der Waals surface area contributed by atoms with Crippen molar-refractivity contribution in [1.82, 2.24) is 9.78 Å². The number of aryl methyl sites for hydroxylation is 3. The van der Waals surface area contributed by atoms with Gasteiger partial charge in [0.05, 0.1) is 22.0 Å². The minimum atomic E-state index is -0.821. The summed E-state index contributed by atoms with van der Waals surface area (Å²) in [5.41, 5.74) is 3.34. The minimum absolute atomic E-state index is 0.531. The maximum absolute atomic E-state index is 11.1. The molecule has 0 saturated heterocycles. The number of hydrogen-bond acceptors (Lipinski definition) is 2. The van der Waals surface area contributed by atoms with Crippen LogP contribution in [0.4, 0.5) is 0 Å². The van der Waals surface area contributed by atoms with E-state index in [1.54, 1.807) is 0 Å². The molecule has 1 aromatic heterocycles. The van der Waals surface area contributed by atoms with E-state index in [4.69, 9.17) is 11.6 Å². The van der Waals surface area contributed by atoms with Gasteiger partial charge >= 0.3 is 0 Å². The zero-order chi connectivity index (χ0) is 15.0. The van der Waals surface area contributed by atoms with E-state index in [-0.39, 0.29) is 0 Å². The Balaban J connectivity index is 2.00. The molecule has 0 radical (unpaired) electrons. The van der Waals surface area contributed by atoms with Crippen LogP contribution in [0.15, 0.2) is 24.3 Å². The van der Waals surface area contributed by atoms with E-state index < -0.39 is 5.60 Å². The molecule has 0 saturated carbocycles. The van der Waals surface area contributed by atoms with Gasteiger partial charge in [-0.15, -0.1) is 0 Å². The Bertz CT molecular complexity index is 665. The lowest BCUT2D eigenvalue weighted by Gasteiger charge is -2.24. The monoisotopic (exact) mass is 304 g/mol. The quantitative estimate of drug-likeness (QED) is 0.939. The molecule has 2 aromatic rings. The van der Waals surface area contributed by atoms with Gasteiger partial charge < -0.3 is 5.11 Å². The predicted molar refractivity (Wildman–Crippen MR) is 84.7 cm³/mol. The van der Waals surface area contributed by atoms with Gasteiger partial charge in [-0.25, -0.2) is 0 Å². The Morgan fingerprint density at radius 1 is 1.33 bits per heavy atom. The third-order valence-electron chi connectivity index (χ3n) is 4.48. The van der Waals surface area contributed by atoms with Crippen LogP contribution in [0.5, 0.6) is 0 Å². The van der Waals surface area contributed by atoms with Crippen LogP contribution >= 0.6 is 11.6 Å². The van der Waals surface area contributed by atoms with Gasteiger partial charge in [0.15, 0.2) is 0 Å². The summed E-state index contributed by atoms with van der Waals surface area (Å²) < 4.78 is 1.93. The van der Waals surface area contributed by atoms with Crippen LogP contribution in [-0.2, 0) is 31.4 Å². The normalized spacial score (nSPS) is 20.8. The second-order valence-electron chi connectivity index (χ2n) is 5.74. The van der Waals surface area contributed by atoms with Gasteiger partial charge in [0, 0.05) is 13.0 Å². The van der Waals surface area contributed by atoms with Crippen LogP contribution in [0.25, 0.3) is 0 Å². The van der Waals surface area contributed by atoms with Crippen molar-refractivity contribution in [3.05, 3.63) is 51.8 Å². The van der Waals surface area contributed by atoms with Gasteiger partial charge in [-0.1, -0.05) is 42.8 Å². The standard InChI is InChI=1S/C17H21ClN2O/c1-3-14-16(18)15(20(4-2)19-14)11-17(21)10-9-12-7-5-6-8-13(12)17/h5-8,21H,3-4,9-11H2,1-2H3. The number of halogens is 1. The van der Waals surface area contributed by atoms with Crippen LogP contribution in [0.1, 0.15) is 42.8 Å². The lowest BCUT2D eigenvalue weighted by Crippen LogP contribution is -2.27. The van der Waals surface area contributed by atoms with E-state index in [0.29, 0.717) is 6.42 Å². The molecule has 0 aliphatic heterocycles. The van der Waals surface area contributed by atoms with Crippen LogP contribution in [0.2, 0.25) is 5.02 Å². The van der Waals surface area contributed by atoms with Crippen molar-refractivity contribution >= 4 is 11.6 Å². The molecule has 1 heterocycles. The summed E-state index contributed by atoms with van der Waals surface area (Å²) in [5, 5.41) is 16.4. The third kappa shape index (κ3) is 2.39. The Hall–Kier alpha value is -1.32. The topological polar surface area (TPSA) is 38.0 Å². The minimum Gasteiger partial charge on any atom is -0.385 e. The molecule has 4 heteroatoms. The van der Waals surface area contributed by atoms with Crippen molar-refractivity contribution < 1.29 is 5.11 Å². The zero-order valence-corrected chi connectivity index (χ0v) is 13.3. The smallest absolute Gasteiger partial charge is 0.0958 e. The van der Waals surface area contributed by atoms with E-state index in [1.165, 1.54) is 5.56 Å². The molecule has 1 aliphatic rings. The molecule has 1 aliphatic carbocycles. The molecule has 21 heavy (non-hydrogen) atoms. The van der Waals surface area contributed by atoms with Crippen LogP contribution in [0, 0.1) is 0 Å². The Kier molecular flexibility index (Phi) is 3.80. The molecule has 112 valence electrons. The van der Waals surface area contributed by atoms with Crippen LogP contribution < -0.4 is 0 Å². The Morgan fingerprint density at radius 3 is 2.81 bits per heavy atom. The number of nitrogens with zero attached hydrogens (tertiary/aromatic N) is 2. The first-order valence-corrected chi connectivity index (χ1v) is 8.01. The summed E-state index contributed by atoms with van der Waals surface area (Å²) in [6.07, 6.45) is 3.02. The lowest BCUT2D eigenvalue weighted by molar-refractivity contribution is 0.0369. The second kappa shape index (κ2) is 5.47. The van der Waals surface area contributed by atoms with Crippen molar-refractivity contribution in [1.29, 1.82) is 0 Å². The van der Waals surface area contributed by atoms with E-state index in [0.717, 1.165) is 47.8 Å². The first-order valence-electron chi connectivity index (χ1n) is 7.64. The highest BCUT2D eigenvalue weighted by Crippen LogP contribution is 2.40. The summed E-state index contributed by atoms with van der Waals surface area (Å²) in [5.74, 6) is 0. The first-order chi connectivity index (χ1) is 10.1. The highest BCUT2D eigenvalue weighted by molar-refractivity contribution is 6.31. The van der Waals surface area contributed by atoms with E-state index in [2.05, 4.69) is 25.0 Å². The summed E-state index contributed by atoms with van der Waals surface area (Å²) in [6, 6.07) is 8.15. The Labute approximate surface area is 130 Å². The summed E-state index contributed by atoms with van der Waals surface area (Å²) in [7, 11) is 0. The van der Waals surface area contributed by atoms with Crippen LogP contribution in [0.3, 0.4) is 0 Å². The number of aliphatic hydroxyl groups is 1. The van der Waals surface area contributed by atoms with Gasteiger partial charge in [-0.05, 0) is 37.3 Å². The highest BCUT2D eigenvalue weighted by Gasteiger charge is 2.38. The number of benzene rings is 1. The van der Waals surface area contributed by atoms with E-state index >= 15 is 0 Å². The van der Waals surface area contributed by atoms with Gasteiger partial charge in [0.25, 0.3) is 0 Å². The predicted octanol–water partition coefficient (Wildman–Crippen LogP) is 3.50. The summed E-state index contributed by atoms with van der Waals surface area (Å²) in [4.78, 5) is 0. The molecule has 1 unspecified atom stereocenters. The molecular weight excluding hydrogens is 284 g/mol. The average molecular weight is 305 g/mol. The van der Waals surface area contributed by atoms with Crippen molar-refractivity contribution in [2.24, 2.45) is 0 Å². The van der Waals surface area contributed by atoms with Gasteiger partial charge in [0.2, 0.25) is 0 Å². The molecular formula is C17H21ClN2O. The van der Waals surface area contributed by atoms with Gasteiger partial charge in [-0.3, -0.25) is 4.68 Å². The number of aromatic nitrogens is 2. The fourth-order valence-corrected chi connectivity index (χ4v) is 3.65. The molecule has 0 fully saturated rings. The van der Waals surface area contributed by atoms with Crippen molar-refractivity contribution in [3.63, 3.8) is 0 Å². The maximum Gasteiger partial charge on any atom is 0.0958 e. The maximum atomic E-state index is 11.1. The molecule has 3 rings (SSSR count). The second-order valence-corrected chi connectivity index (χ2v) is 6.12. The van der Waals surface area contributed by atoms with Gasteiger partial charge in [-0.2, -0.15) is 5.10 Å². The molecule has 0 bridgehead atoms. The Morgan fingerprint density at radius 2 is 2.10 bits per heavy atom. The van der Waals surface area contributed by atoms with Crippen molar-refractivity contribution in [3.8, 4) is 0 Å². The fraction of sp³-hybridized carbons (Fsp3) is 0.471. The molecule has 1 aromatic carbocycles. The molecule has 0 spiro atoms. The number of fused-ring (bicyclic) bond motifs is 1. The molecule has 1 atom stereocenters. The summed E-state index contributed by atoms with van der Waals surface area (Å²) in [6.45, 7) is 4.88. The number of rotatable bonds is 4. The molecule has 1 N–H and O–H groups in total. The SMILES string of the molecule is CCc1nn(CC)c(CC2(O)CCc3ccccc32)c1Cl. The van der Waals surface area contributed by atoms with Gasteiger partial charge in [0.1, 0.15) is 0 Å². The lowest BCUT2D eigenvalue weighted by atomic mass is 9.90. The highest BCUT2D eigenvalue weighted by atomic mass is 35.5. The van der Waals surface area contributed by atoms with Crippen molar-refractivity contribution in [2.45, 2.75) is 51.7 Å². The summed E-state index contributed by atoms with van der Waals surface area (Å²) >= 11 is 6.48. The first kappa shape index (κ1) is 14.6. The molecule has 0 amide bonds.